The van der Waals surface area contributed by atoms with Gasteiger partial charge in [-0.1, -0.05) is 11.6 Å². The Bertz CT molecular complexity index is 712. The first-order valence-electron chi connectivity index (χ1n) is 5.91. The number of anilines is 1. The zero-order valence-corrected chi connectivity index (χ0v) is 12.4. The Morgan fingerprint density at radius 1 is 1.45 bits per heavy atom. The maximum atomic E-state index is 12.1. The summed E-state index contributed by atoms with van der Waals surface area (Å²) in [5, 5.41) is 0.323. The molecule has 0 aliphatic rings. The topological polar surface area (TPSA) is 90.0 Å². The highest BCUT2D eigenvalue weighted by atomic mass is 35.5. The Balaban J connectivity index is 2.08. The fourth-order valence-corrected chi connectivity index (χ4v) is 3.18. The lowest BCUT2D eigenvalue weighted by molar-refractivity contribution is 0.580. The van der Waals surface area contributed by atoms with Crippen LogP contribution in [0.1, 0.15) is 5.82 Å². The second-order valence-corrected chi connectivity index (χ2v) is 6.46. The molecule has 6 nitrogen and oxygen atoms in total. The van der Waals surface area contributed by atoms with Crippen LogP contribution in [0.2, 0.25) is 5.02 Å². The second kappa shape index (κ2) is 5.82. The van der Waals surface area contributed by atoms with Crippen LogP contribution in [0, 0.1) is 0 Å². The Morgan fingerprint density at radius 3 is 2.85 bits per heavy atom. The summed E-state index contributed by atoms with van der Waals surface area (Å²) in [5.74, 6) is 0.798. The summed E-state index contributed by atoms with van der Waals surface area (Å²) in [6, 6.07) is 4.35. The highest BCUT2D eigenvalue weighted by Crippen LogP contribution is 2.22. The number of imidazole rings is 1. The van der Waals surface area contributed by atoms with Crippen LogP contribution in [0.15, 0.2) is 35.5 Å². The van der Waals surface area contributed by atoms with Gasteiger partial charge in [-0.25, -0.2) is 18.1 Å². The number of sulfonamides is 1. The van der Waals surface area contributed by atoms with Crippen molar-refractivity contribution in [1.29, 1.82) is 0 Å². The molecule has 1 aromatic heterocycles. The zero-order valence-electron chi connectivity index (χ0n) is 10.9. The Morgan fingerprint density at radius 2 is 2.20 bits per heavy atom. The molecule has 0 spiro atoms. The summed E-state index contributed by atoms with van der Waals surface area (Å²) >= 11 is 5.80. The number of aromatic nitrogens is 2. The predicted molar refractivity (Wildman–Crippen MR) is 78.0 cm³/mol. The van der Waals surface area contributed by atoms with E-state index >= 15 is 0 Å². The molecule has 0 aliphatic carbocycles. The molecule has 0 fully saturated rings. The van der Waals surface area contributed by atoms with Gasteiger partial charge >= 0.3 is 0 Å². The van der Waals surface area contributed by atoms with Crippen molar-refractivity contribution in [3.8, 4) is 0 Å². The van der Waals surface area contributed by atoms with Crippen molar-refractivity contribution in [3.05, 3.63) is 41.4 Å². The molecule has 0 saturated carbocycles. The number of hydrogen-bond donors (Lipinski definition) is 2. The predicted octanol–water partition coefficient (Wildman–Crippen LogP) is 1.18. The van der Waals surface area contributed by atoms with Crippen LogP contribution in [0.25, 0.3) is 0 Å². The zero-order chi connectivity index (χ0) is 14.8. The van der Waals surface area contributed by atoms with Crippen molar-refractivity contribution >= 4 is 27.3 Å². The molecule has 0 saturated heterocycles. The Kier molecular flexibility index (Phi) is 4.32. The van der Waals surface area contributed by atoms with Gasteiger partial charge in [-0.3, -0.25) is 0 Å². The lowest BCUT2D eigenvalue weighted by Gasteiger charge is -2.09. The standard InChI is InChI=1S/C12H15ClN4O2S/c1-17-7-6-15-12(17)4-5-16-20(18,19)11-8-9(13)2-3-10(11)14/h2-3,6-8,16H,4-5,14H2,1H3. The average molecular weight is 315 g/mol. The van der Waals surface area contributed by atoms with E-state index in [9.17, 15) is 8.42 Å². The quantitative estimate of drug-likeness (QED) is 0.811. The number of nitrogens with one attached hydrogen (secondary N) is 1. The number of rotatable bonds is 5. The van der Waals surface area contributed by atoms with E-state index in [0.717, 1.165) is 5.82 Å². The lowest BCUT2D eigenvalue weighted by Crippen LogP contribution is -2.27. The number of halogens is 1. The molecule has 0 aliphatic heterocycles. The molecular weight excluding hydrogens is 300 g/mol. The summed E-state index contributed by atoms with van der Waals surface area (Å²) in [7, 11) is -1.82. The first kappa shape index (κ1) is 14.8. The molecule has 2 rings (SSSR count). The van der Waals surface area contributed by atoms with Gasteiger partial charge < -0.3 is 10.3 Å². The third-order valence-electron chi connectivity index (χ3n) is 2.83. The van der Waals surface area contributed by atoms with E-state index in [2.05, 4.69) is 9.71 Å². The van der Waals surface area contributed by atoms with E-state index in [1.807, 2.05) is 11.6 Å². The number of nitrogens with zero attached hydrogens (tertiary/aromatic N) is 2. The van der Waals surface area contributed by atoms with Gasteiger partial charge in [0, 0.05) is 37.4 Å². The molecule has 108 valence electrons. The van der Waals surface area contributed by atoms with Gasteiger partial charge in [0.05, 0.1) is 5.69 Å². The van der Waals surface area contributed by atoms with E-state index in [1.165, 1.54) is 12.1 Å². The molecule has 2 aromatic rings. The van der Waals surface area contributed by atoms with Crippen LogP contribution in [0.4, 0.5) is 5.69 Å². The molecule has 0 bridgehead atoms. The minimum Gasteiger partial charge on any atom is -0.398 e. The van der Waals surface area contributed by atoms with Crippen LogP contribution >= 0.6 is 11.6 Å². The minimum absolute atomic E-state index is 0.00941. The van der Waals surface area contributed by atoms with E-state index in [-0.39, 0.29) is 17.1 Å². The largest absolute Gasteiger partial charge is 0.398 e. The smallest absolute Gasteiger partial charge is 0.242 e. The van der Waals surface area contributed by atoms with Gasteiger partial charge in [-0.15, -0.1) is 0 Å². The Hall–Kier alpha value is -1.57. The average Bonchev–Trinajstić information content (AvgIpc) is 2.78. The van der Waals surface area contributed by atoms with Gasteiger partial charge in [0.25, 0.3) is 0 Å². The molecular formula is C12H15ClN4O2S. The van der Waals surface area contributed by atoms with Crippen LogP contribution in [0.3, 0.4) is 0 Å². The Labute approximate surface area is 122 Å². The van der Waals surface area contributed by atoms with Crippen molar-refractivity contribution in [2.45, 2.75) is 11.3 Å². The molecule has 1 aromatic carbocycles. The highest BCUT2D eigenvalue weighted by Gasteiger charge is 2.17. The maximum Gasteiger partial charge on any atom is 0.242 e. The van der Waals surface area contributed by atoms with Crippen molar-refractivity contribution in [2.75, 3.05) is 12.3 Å². The summed E-state index contributed by atoms with van der Waals surface area (Å²) in [6.45, 7) is 0.235. The number of nitrogens with two attached hydrogens (primary N) is 1. The molecule has 20 heavy (non-hydrogen) atoms. The first-order valence-corrected chi connectivity index (χ1v) is 7.77. The molecule has 1 heterocycles. The van der Waals surface area contributed by atoms with E-state index in [1.54, 1.807) is 18.5 Å². The number of benzene rings is 1. The normalized spacial score (nSPS) is 11.7. The number of hydrogen-bond acceptors (Lipinski definition) is 4. The SMILES string of the molecule is Cn1ccnc1CCNS(=O)(=O)c1cc(Cl)ccc1N. The minimum atomic E-state index is -3.68. The monoisotopic (exact) mass is 314 g/mol. The fraction of sp³-hybridized carbons (Fsp3) is 0.250. The van der Waals surface area contributed by atoms with Crippen molar-refractivity contribution in [3.63, 3.8) is 0 Å². The molecule has 0 amide bonds. The molecule has 8 heteroatoms. The maximum absolute atomic E-state index is 12.1. The van der Waals surface area contributed by atoms with Gasteiger partial charge in [0.2, 0.25) is 10.0 Å². The third-order valence-corrected chi connectivity index (χ3v) is 4.58. The molecule has 0 atom stereocenters. The summed E-state index contributed by atoms with van der Waals surface area (Å²) in [4.78, 5) is 4.11. The van der Waals surface area contributed by atoms with Crippen molar-refractivity contribution in [1.82, 2.24) is 14.3 Å². The van der Waals surface area contributed by atoms with Crippen LogP contribution in [-0.4, -0.2) is 24.5 Å². The highest BCUT2D eigenvalue weighted by molar-refractivity contribution is 7.89. The number of nitrogen functional groups attached to an aromatic ring is 1. The second-order valence-electron chi connectivity index (χ2n) is 4.28. The fourth-order valence-electron chi connectivity index (χ4n) is 1.75. The van der Waals surface area contributed by atoms with E-state index in [4.69, 9.17) is 17.3 Å². The van der Waals surface area contributed by atoms with Crippen LogP contribution in [-0.2, 0) is 23.5 Å². The van der Waals surface area contributed by atoms with E-state index in [0.29, 0.717) is 11.4 Å². The molecule has 0 radical (unpaired) electrons. The summed E-state index contributed by atoms with van der Waals surface area (Å²) in [5.41, 5.74) is 5.84. The molecule has 3 N–H and O–H groups in total. The van der Waals surface area contributed by atoms with Crippen LogP contribution < -0.4 is 10.5 Å². The van der Waals surface area contributed by atoms with Crippen molar-refractivity contribution < 1.29 is 8.42 Å². The van der Waals surface area contributed by atoms with Gasteiger partial charge in [-0.2, -0.15) is 0 Å². The van der Waals surface area contributed by atoms with Gasteiger partial charge in [0.15, 0.2) is 0 Å². The summed E-state index contributed by atoms with van der Waals surface area (Å²) < 4.78 is 28.6. The number of aryl methyl sites for hydroxylation is 1. The van der Waals surface area contributed by atoms with Gasteiger partial charge in [0.1, 0.15) is 10.7 Å². The third kappa shape index (κ3) is 3.30. The summed E-state index contributed by atoms with van der Waals surface area (Å²) in [6.07, 6.45) is 3.96. The van der Waals surface area contributed by atoms with Gasteiger partial charge in [-0.05, 0) is 18.2 Å². The molecule has 0 unspecified atom stereocenters. The van der Waals surface area contributed by atoms with E-state index < -0.39 is 10.0 Å². The van der Waals surface area contributed by atoms with Crippen molar-refractivity contribution in [2.24, 2.45) is 7.05 Å². The lowest BCUT2D eigenvalue weighted by atomic mass is 10.3. The first-order chi connectivity index (χ1) is 9.40. The van der Waals surface area contributed by atoms with Crippen LogP contribution in [0.5, 0.6) is 0 Å².